The minimum absolute atomic E-state index is 0.0716. The lowest BCUT2D eigenvalue weighted by Gasteiger charge is -2.23. The van der Waals surface area contributed by atoms with Crippen LogP contribution in [0.3, 0.4) is 0 Å². The molecule has 2 rings (SSSR count). The highest BCUT2D eigenvalue weighted by molar-refractivity contribution is 5.95. The van der Waals surface area contributed by atoms with E-state index in [2.05, 4.69) is 10.6 Å². The van der Waals surface area contributed by atoms with E-state index in [-0.39, 0.29) is 18.4 Å². The summed E-state index contributed by atoms with van der Waals surface area (Å²) in [5.74, 6) is -0.311. The Morgan fingerprint density at radius 3 is 2.57 bits per heavy atom. The van der Waals surface area contributed by atoms with Crippen LogP contribution in [0, 0.1) is 0 Å². The number of piperazine rings is 1. The summed E-state index contributed by atoms with van der Waals surface area (Å²) in [6.45, 7) is 0.0716. The lowest BCUT2D eigenvalue weighted by Crippen LogP contribution is -2.50. The summed E-state index contributed by atoms with van der Waals surface area (Å²) in [4.78, 5) is 22.5. The predicted molar refractivity (Wildman–Crippen MR) is 50.3 cm³/mol. The molecule has 0 saturated carbocycles. The van der Waals surface area contributed by atoms with E-state index in [1.807, 2.05) is 30.3 Å². The molecule has 1 aromatic carbocycles. The maximum Gasteiger partial charge on any atom is 0.247 e. The Bertz CT molecular complexity index is 362. The van der Waals surface area contributed by atoms with Crippen molar-refractivity contribution in [2.24, 2.45) is 0 Å². The van der Waals surface area contributed by atoms with Gasteiger partial charge in [-0.25, -0.2) is 0 Å². The Morgan fingerprint density at radius 2 is 1.86 bits per heavy atom. The zero-order valence-corrected chi connectivity index (χ0v) is 7.49. The van der Waals surface area contributed by atoms with E-state index in [0.29, 0.717) is 0 Å². The molecule has 0 aromatic heterocycles. The molecule has 72 valence electrons. The third kappa shape index (κ3) is 1.59. The molecule has 0 aliphatic carbocycles. The molecule has 1 atom stereocenters. The van der Waals surface area contributed by atoms with Gasteiger partial charge in [-0.15, -0.1) is 0 Å². The average Bonchev–Trinajstić information content (AvgIpc) is 2.23. The van der Waals surface area contributed by atoms with Gasteiger partial charge in [0.2, 0.25) is 11.8 Å². The van der Waals surface area contributed by atoms with Crippen molar-refractivity contribution < 1.29 is 9.59 Å². The Morgan fingerprint density at radius 1 is 1.14 bits per heavy atom. The van der Waals surface area contributed by atoms with Gasteiger partial charge in [0.25, 0.3) is 0 Å². The zero-order chi connectivity index (χ0) is 9.97. The molecule has 1 aliphatic heterocycles. The van der Waals surface area contributed by atoms with Gasteiger partial charge in [0.05, 0.1) is 6.54 Å². The van der Waals surface area contributed by atoms with Crippen molar-refractivity contribution in [2.45, 2.75) is 6.04 Å². The van der Waals surface area contributed by atoms with Crippen LogP contribution in [0.1, 0.15) is 11.6 Å². The molecule has 1 aromatic rings. The van der Waals surface area contributed by atoms with Crippen LogP contribution >= 0.6 is 0 Å². The molecule has 0 radical (unpaired) electrons. The van der Waals surface area contributed by atoms with Gasteiger partial charge in [-0.3, -0.25) is 9.59 Å². The van der Waals surface area contributed by atoms with Crippen LogP contribution in [-0.4, -0.2) is 18.4 Å². The smallest absolute Gasteiger partial charge is 0.247 e. The molecule has 4 nitrogen and oxygen atoms in total. The molecule has 0 spiro atoms. The van der Waals surface area contributed by atoms with Crippen molar-refractivity contribution in [1.82, 2.24) is 10.6 Å². The number of amides is 2. The van der Waals surface area contributed by atoms with E-state index in [9.17, 15) is 9.59 Å². The second-order valence-corrected chi connectivity index (χ2v) is 3.13. The summed E-state index contributed by atoms with van der Waals surface area (Å²) in [6, 6.07) is 8.63. The molecule has 0 bridgehead atoms. The second-order valence-electron chi connectivity index (χ2n) is 3.13. The third-order valence-corrected chi connectivity index (χ3v) is 2.12. The van der Waals surface area contributed by atoms with Crippen LogP contribution < -0.4 is 10.6 Å². The normalized spacial score (nSPS) is 21.3. The lowest BCUT2D eigenvalue weighted by molar-refractivity contribution is -0.133. The van der Waals surface area contributed by atoms with Gasteiger partial charge >= 0.3 is 0 Å². The topological polar surface area (TPSA) is 58.2 Å². The molecule has 1 fully saturated rings. The standard InChI is InChI=1S/C10H10N2O2/c13-8-6-11-10(14)9(12-8)7-4-2-1-3-5-7/h1-5,9H,6H2,(H,11,14)(H,12,13)/t9-/m1/s1. The number of hydrogen-bond acceptors (Lipinski definition) is 2. The van der Waals surface area contributed by atoms with Crippen LogP contribution in [0.25, 0.3) is 0 Å². The molecular weight excluding hydrogens is 180 g/mol. The average molecular weight is 190 g/mol. The fourth-order valence-electron chi connectivity index (χ4n) is 1.43. The Labute approximate surface area is 81.3 Å². The van der Waals surface area contributed by atoms with Crippen molar-refractivity contribution in [3.63, 3.8) is 0 Å². The van der Waals surface area contributed by atoms with Crippen molar-refractivity contribution in [3.05, 3.63) is 35.9 Å². The minimum Gasteiger partial charge on any atom is -0.345 e. The summed E-state index contributed by atoms with van der Waals surface area (Å²) in [7, 11) is 0. The highest BCUT2D eigenvalue weighted by atomic mass is 16.2. The summed E-state index contributed by atoms with van der Waals surface area (Å²) in [6.07, 6.45) is 0. The number of carbonyl (C=O) groups is 2. The number of benzene rings is 1. The Hall–Kier alpha value is -1.84. The predicted octanol–water partition coefficient (Wildman–Crippen LogP) is -0.0263. The summed E-state index contributed by atoms with van der Waals surface area (Å²) in [5, 5.41) is 5.16. The fraction of sp³-hybridized carbons (Fsp3) is 0.200. The number of hydrogen-bond donors (Lipinski definition) is 2. The van der Waals surface area contributed by atoms with Gasteiger partial charge in [0.15, 0.2) is 0 Å². The maximum absolute atomic E-state index is 11.4. The third-order valence-electron chi connectivity index (χ3n) is 2.12. The van der Waals surface area contributed by atoms with Gasteiger partial charge in [-0.2, -0.15) is 0 Å². The molecule has 4 heteroatoms. The van der Waals surface area contributed by atoms with Crippen LogP contribution in [0.4, 0.5) is 0 Å². The molecule has 1 heterocycles. The van der Waals surface area contributed by atoms with Gasteiger partial charge in [0.1, 0.15) is 6.04 Å². The van der Waals surface area contributed by atoms with Crippen molar-refractivity contribution >= 4 is 11.8 Å². The van der Waals surface area contributed by atoms with Gasteiger partial charge in [0, 0.05) is 0 Å². The highest BCUT2D eigenvalue weighted by Gasteiger charge is 2.26. The quantitative estimate of drug-likeness (QED) is 0.653. The van der Waals surface area contributed by atoms with Gasteiger partial charge in [-0.1, -0.05) is 30.3 Å². The Balaban J connectivity index is 2.24. The van der Waals surface area contributed by atoms with Crippen LogP contribution in [0.5, 0.6) is 0 Å². The van der Waals surface area contributed by atoms with Crippen LogP contribution in [0.2, 0.25) is 0 Å². The number of carbonyl (C=O) groups excluding carboxylic acids is 2. The summed E-state index contributed by atoms with van der Waals surface area (Å²) >= 11 is 0. The SMILES string of the molecule is O=C1CNC(=O)[C@@H](c2ccccc2)N1. The second kappa shape index (κ2) is 3.49. The highest BCUT2D eigenvalue weighted by Crippen LogP contribution is 2.13. The lowest BCUT2D eigenvalue weighted by atomic mass is 10.1. The van der Waals surface area contributed by atoms with Crippen molar-refractivity contribution in [2.75, 3.05) is 6.54 Å². The number of rotatable bonds is 1. The monoisotopic (exact) mass is 190 g/mol. The zero-order valence-electron chi connectivity index (χ0n) is 7.49. The Kier molecular flexibility index (Phi) is 2.18. The van der Waals surface area contributed by atoms with Crippen molar-refractivity contribution in [1.29, 1.82) is 0 Å². The first-order valence-electron chi connectivity index (χ1n) is 4.39. The summed E-state index contributed by atoms with van der Waals surface area (Å²) in [5.41, 5.74) is 0.804. The number of nitrogens with one attached hydrogen (secondary N) is 2. The largest absolute Gasteiger partial charge is 0.345 e. The molecule has 14 heavy (non-hydrogen) atoms. The van der Waals surface area contributed by atoms with E-state index in [1.165, 1.54) is 0 Å². The first-order valence-corrected chi connectivity index (χ1v) is 4.39. The molecular formula is C10H10N2O2. The molecule has 2 amide bonds. The van der Waals surface area contributed by atoms with Crippen LogP contribution in [0.15, 0.2) is 30.3 Å². The molecule has 2 N–H and O–H groups in total. The molecule has 1 aliphatic rings. The van der Waals surface area contributed by atoms with E-state index < -0.39 is 6.04 Å². The minimum atomic E-state index is -0.544. The van der Waals surface area contributed by atoms with Crippen LogP contribution in [-0.2, 0) is 9.59 Å². The first kappa shape index (κ1) is 8.74. The van der Waals surface area contributed by atoms with Gasteiger partial charge < -0.3 is 10.6 Å². The van der Waals surface area contributed by atoms with E-state index in [1.54, 1.807) is 0 Å². The molecule has 1 saturated heterocycles. The molecule has 0 unspecified atom stereocenters. The maximum atomic E-state index is 11.4. The van der Waals surface area contributed by atoms with Gasteiger partial charge in [-0.05, 0) is 5.56 Å². The first-order chi connectivity index (χ1) is 6.77. The van der Waals surface area contributed by atoms with Crippen molar-refractivity contribution in [3.8, 4) is 0 Å². The van der Waals surface area contributed by atoms with E-state index in [0.717, 1.165) is 5.56 Å². The van der Waals surface area contributed by atoms with E-state index in [4.69, 9.17) is 0 Å². The summed E-state index contributed by atoms with van der Waals surface area (Å²) < 4.78 is 0. The fourth-order valence-corrected chi connectivity index (χ4v) is 1.43. The van der Waals surface area contributed by atoms with E-state index >= 15 is 0 Å².